The van der Waals surface area contributed by atoms with Crippen LogP contribution in [0, 0.1) is 12.8 Å². The zero-order valence-electron chi connectivity index (χ0n) is 25.4. The van der Waals surface area contributed by atoms with Gasteiger partial charge in [-0.15, -0.1) is 0 Å². The Morgan fingerprint density at radius 3 is 2.26 bits per heavy atom. The molecule has 1 amide bonds. The van der Waals surface area contributed by atoms with Gasteiger partial charge >= 0.3 is 12.1 Å². The summed E-state index contributed by atoms with van der Waals surface area (Å²) in [5.74, 6) is 0.721. The van der Waals surface area contributed by atoms with Gasteiger partial charge in [0, 0.05) is 23.2 Å². The summed E-state index contributed by atoms with van der Waals surface area (Å²) in [5.41, 5.74) is 2.08. The maximum absolute atomic E-state index is 14.0. The molecule has 0 spiro atoms. The van der Waals surface area contributed by atoms with Gasteiger partial charge < -0.3 is 29.0 Å². The number of aliphatic hydroxyl groups is 1. The first-order chi connectivity index (χ1) is 20.3. The maximum atomic E-state index is 14.0. The summed E-state index contributed by atoms with van der Waals surface area (Å²) in [7, 11) is 1.46. The zero-order chi connectivity index (χ0) is 29.8. The molecule has 1 aliphatic heterocycles. The molecule has 2 aliphatic carbocycles. The number of cyclic esters (lactones) is 1. The Labute approximate surface area is 249 Å². The Morgan fingerprint density at radius 1 is 1.02 bits per heavy atom. The van der Waals surface area contributed by atoms with Crippen LogP contribution in [0.1, 0.15) is 118 Å². The third-order valence-electron chi connectivity index (χ3n) is 8.80. The zero-order valence-corrected chi connectivity index (χ0v) is 25.4. The number of amides is 1. The average Bonchev–Trinajstić information content (AvgIpc) is 2.97. The molecule has 2 saturated carbocycles. The lowest BCUT2D eigenvalue weighted by atomic mass is 9.89. The predicted octanol–water partition coefficient (Wildman–Crippen LogP) is 8.01. The lowest BCUT2D eigenvalue weighted by Crippen LogP contribution is -2.50. The predicted molar refractivity (Wildman–Crippen MR) is 159 cm³/mol. The number of aliphatic hydroxyl groups excluding tert-OH is 1. The first kappa shape index (κ1) is 30.2. The van der Waals surface area contributed by atoms with Crippen molar-refractivity contribution < 1.29 is 33.6 Å². The highest BCUT2D eigenvalue weighted by atomic mass is 16.6. The first-order valence-electron chi connectivity index (χ1n) is 15.6. The summed E-state index contributed by atoms with van der Waals surface area (Å²) in [6.07, 6.45) is 10.3. The summed E-state index contributed by atoms with van der Waals surface area (Å²) in [5, 5.41) is 10.9. The van der Waals surface area contributed by atoms with Gasteiger partial charge in [0.1, 0.15) is 23.7 Å². The number of nitrogens with zero attached hydrogens (tertiary/aromatic N) is 1. The highest BCUT2D eigenvalue weighted by molar-refractivity contribution is 5.96. The van der Waals surface area contributed by atoms with Gasteiger partial charge in [-0.1, -0.05) is 52.4 Å². The van der Waals surface area contributed by atoms with Crippen LogP contribution in [0.3, 0.4) is 0 Å². The minimum atomic E-state index is -0.819. The van der Waals surface area contributed by atoms with Crippen molar-refractivity contribution in [1.29, 1.82) is 0 Å². The van der Waals surface area contributed by atoms with Crippen molar-refractivity contribution in [2.75, 3.05) is 7.11 Å². The fourth-order valence-corrected chi connectivity index (χ4v) is 6.81. The van der Waals surface area contributed by atoms with Gasteiger partial charge in [0.25, 0.3) is 0 Å². The largest absolute Gasteiger partial charge is 0.495 e. The molecule has 1 N–H and O–H groups in total. The highest BCUT2D eigenvalue weighted by Crippen LogP contribution is 2.45. The highest BCUT2D eigenvalue weighted by Gasteiger charge is 2.35. The van der Waals surface area contributed by atoms with Crippen LogP contribution in [-0.2, 0) is 11.3 Å². The molecule has 0 saturated heterocycles. The lowest BCUT2D eigenvalue weighted by molar-refractivity contribution is 0.0451. The number of ether oxygens (including phenoxy) is 4. The first-order valence-corrected chi connectivity index (χ1v) is 15.6. The van der Waals surface area contributed by atoms with E-state index in [1.165, 1.54) is 20.0 Å². The fraction of sp³-hybridized carbons (Fsp3) is 0.588. The smallest absolute Gasteiger partial charge is 0.415 e. The molecule has 1 atom stereocenters. The molecule has 2 aromatic rings. The molecule has 0 aromatic heterocycles. The molecule has 8 nitrogen and oxygen atoms in total. The molecule has 1 heterocycles. The molecule has 8 heteroatoms. The Hall–Kier alpha value is -3.26. The molecule has 2 aromatic carbocycles. The Bertz CT molecular complexity index is 1260. The maximum Gasteiger partial charge on any atom is 0.415 e. The molecule has 2 fully saturated rings. The minimum absolute atomic E-state index is 0.0588. The number of esters is 1. The van der Waals surface area contributed by atoms with Gasteiger partial charge in [-0.05, 0) is 74.8 Å². The van der Waals surface area contributed by atoms with Gasteiger partial charge in [-0.3, -0.25) is 0 Å². The van der Waals surface area contributed by atoms with Crippen molar-refractivity contribution >= 4 is 12.1 Å². The number of hydrogen-bond donors (Lipinski definition) is 1. The molecule has 3 aliphatic rings. The van der Waals surface area contributed by atoms with E-state index in [1.807, 2.05) is 31.7 Å². The number of rotatable bonds is 7. The van der Waals surface area contributed by atoms with Crippen LogP contribution in [0.2, 0.25) is 0 Å². The van der Waals surface area contributed by atoms with Gasteiger partial charge in [0.15, 0.2) is 11.5 Å². The van der Waals surface area contributed by atoms with Crippen molar-refractivity contribution in [3.8, 4) is 23.0 Å². The number of carbonyl (C=O) groups is 2. The SMILES string of the molecule is COc1c([C@@H](O)CC(C)C)ccc2c1C(=O)OCc1cc(C)cc(OC(=O)N(C3CCCCC3)C3CCCCC3)c1O2. The van der Waals surface area contributed by atoms with E-state index in [-0.39, 0.29) is 47.8 Å². The Kier molecular flexibility index (Phi) is 9.61. The molecule has 0 radical (unpaired) electrons. The molecule has 42 heavy (non-hydrogen) atoms. The van der Waals surface area contributed by atoms with Crippen LogP contribution >= 0.6 is 0 Å². The van der Waals surface area contributed by atoms with E-state index >= 15 is 0 Å². The van der Waals surface area contributed by atoms with E-state index < -0.39 is 12.1 Å². The monoisotopic (exact) mass is 579 g/mol. The van der Waals surface area contributed by atoms with Gasteiger partial charge in [0.2, 0.25) is 0 Å². The summed E-state index contributed by atoms with van der Waals surface area (Å²) in [6.45, 7) is 5.90. The van der Waals surface area contributed by atoms with Gasteiger partial charge in [-0.2, -0.15) is 0 Å². The molecule has 0 unspecified atom stereocenters. The summed E-state index contributed by atoms with van der Waals surface area (Å²) < 4.78 is 24.0. The van der Waals surface area contributed by atoms with Crippen LogP contribution in [0.15, 0.2) is 24.3 Å². The lowest BCUT2D eigenvalue weighted by Gasteiger charge is -2.40. The quantitative estimate of drug-likeness (QED) is 0.332. The Balaban J connectivity index is 1.50. The van der Waals surface area contributed by atoms with Crippen LogP contribution in [-0.4, -0.2) is 41.3 Å². The standard InChI is InChI=1S/C34H45NO7/c1-21(2)17-27(36)26-15-16-28-30(32(26)39-4)33(37)40-20-23-18-22(3)19-29(31(23)41-28)42-34(38)35(24-11-7-5-8-12-24)25-13-9-6-10-14-25/h15-16,18-19,21,24-25,27,36H,5-14,17,20H2,1-4H3/t27-/m0/s1. The van der Waals surface area contributed by atoms with Crippen molar-refractivity contribution in [2.24, 2.45) is 5.92 Å². The minimum Gasteiger partial charge on any atom is -0.495 e. The molecule has 5 rings (SSSR count). The summed E-state index contributed by atoms with van der Waals surface area (Å²) in [4.78, 5) is 29.3. The van der Waals surface area contributed by atoms with Crippen LogP contribution in [0.4, 0.5) is 4.79 Å². The Morgan fingerprint density at radius 2 is 1.67 bits per heavy atom. The van der Waals surface area contributed by atoms with E-state index in [0.717, 1.165) is 56.9 Å². The van der Waals surface area contributed by atoms with E-state index in [9.17, 15) is 14.7 Å². The number of aryl methyl sites for hydroxylation is 1. The second-order valence-electron chi connectivity index (χ2n) is 12.5. The summed E-state index contributed by atoms with van der Waals surface area (Å²) in [6, 6.07) is 7.41. The van der Waals surface area contributed by atoms with E-state index in [4.69, 9.17) is 18.9 Å². The third-order valence-corrected chi connectivity index (χ3v) is 8.80. The number of methoxy groups -OCH3 is 1. The van der Waals surface area contributed by atoms with Crippen LogP contribution < -0.4 is 14.2 Å². The van der Waals surface area contributed by atoms with Crippen LogP contribution in [0.25, 0.3) is 0 Å². The topological polar surface area (TPSA) is 94.5 Å². The number of carbonyl (C=O) groups excluding carboxylic acids is 2. The number of benzene rings is 2. The van der Waals surface area contributed by atoms with Crippen molar-refractivity contribution in [1.82, 2.24) is 4.90 Å². The average molecular weight is 580 g/mol. The second-order valence-corrected chi connectivity index (χ2v) is 12.5. The third kappa shape index (κ3) is 6.54. The second kappa shape index (κ2) is 13.4. The van der Waals surface area contributed by atoms with Gasteiger partial charge in [-0.25, -0.2) is 9.59 Å². The van der Waals surface area contributed by atoms with E-state index in [2.05, 4.69) is 0 Å². The van der Waals surface area contributed by atoms with Crippen LogP contribution in [0.5, 0.6) is 23.0 Å². The van der Waals surface area contributed by atoms with Gasteiger partial charge in [0.05, 0.1) is 13.2 Å². The molecular formula is C34H45NO7. The fourth-order valence-electron chi connectivity index (χ4n) is 6.81. The number of hydrogen-bond acceptors (Lipinski definition) is 7. The van der Waals surface area contributed by atoms with Crippen molar-refractivity contribution in [3.63, 3.8) is 0 Å². The molecular weight excluding hydrogens is 534 g/mol. The number of fused-ring (bicyclic) bond motifs is 2. The van der Waals surface area contributed by atoms with Crippen molar-refractivity contribution in [2.45, 2.75) is 116 Å². The summed E-state index contributed by atoms with van der Waals surface area (Å²) >= 11 is 0. The van der Waals surface area contributed by atoms with E-state index in [1.54, 1.807) is 18.2 Å². The van der Waals surface area contributed by atoms with Crippen molar-refractivity contribution in [3.05, 3.63) is 46.5 Å². The molecule has 0 bridgehead atoms. The van der Waals surface area contributed by atoms with E-state index in [0.29, 0.717) is 29.0 Å². The molecule has 228 valence electrons. The normalized spacial score (nSPS) is 18.6.